The van der Waals surface area contributed by atoms with Crippen LogP contribution in [0, 0.1) is 17.9 Å². The van der Waals surface area contributed by atoms with E-state index in [1.165, 1.54) is 51.1 Å². The standard InChI is InChI=1S/C44H23N3S2/c1-46-37-14-5-2-10-29(37)26-17-19-40-33(21-26)35-23-43-36(24-42(35)48-40)34-22-27(18-20-41(34)49-43)30-13-8-9-28(25-45)44(30)47-38-15-6-3-11-31(38)32-12-4-7-16-39(32)47/h2-24H. The van der Waals surface area contributed by atoms with Crippen molar-refractivity contribution in [2.45, 2.75) is 0 Å². The molecule has 0 aliphatic rings. The van der Waals surface area contributed by atoms with E-state index >= 15 is 0 Å². The van der Waals surface area contributed by atoms with Crippen LogP contribution in [0.5, 0.6) is 0 Å². The van der Waals surface area contributed by atoms with Gasteiger partial charge < -0.3 is 4.57 Å². The van der Waals surface area contributed by atoms with Crippen molar-refractivity contribution in [3.8, 4) is 34.0 Å². The molecule has 0 aliphatic heterocycles. The third-order valence-corrected chi connectivity index (χ3v) is 11.9. The van der Waals surface area contributed by atoms with Crippen LogP contribution < -0.4 is 0 Å². The van der Waals surface area contributed by atoms with Gasteiger partial charge in [-0.1, -0.05) is 84.9 Å². The normalized spacial score (nSPS) is 11.6. The molecule has 3 nitrogen and oxygen atoms in total. The fourth-order valence-corrected chi connectivity index (χ4v) is 9.68. The number of nitrogens with zero attached hydrogens (tertiary/aromatic N) is 3. The van der Waals surface area contributed by atoms with Crippen molar-refractivity contribution in [1.29, 1.82) is 5.26 Å². The van der Waals surface area contributed by atoms with Gasteiger partial charge in [-0.05, 0) is 71.3 Å². The fraction of sp³-hybridized carbons (Fsp3) is 0. The summed E-state index contributed by atoms with van der Waals surface area (Å²) in [7, 11) is 0. The Morgan fingerprint density at radius 3 is 1.65 bits per heavy atom. The third kappa shape index (κ3) is 4.11. The van der Waals surface area contributed by atoms with Gasteiger partial charge in [0.15, 0.2) is 5.69 Å². The molecule has 0 fully saturated rings. The van der Waals surface area contributed by atoms with E-state index < -0.39 is 0 Å². The second-order valence-electron chi connectivity index (χ2n) is 12.3. The first kappa shape index (κ1) is 27.8. The van der Waals surface area contributed by atoms with Crippen molar-refractivity contribution in [3.05, 3.63) is 157 Å². The molecule has 49 heavy (non-hydrogen) atoms. The number of para-hydroxylation sites is 4. The summed E-state index contributed by atoms with van der Waals surface area (Å²) in [5.41, 5.74) is 8.54. The topological polar surface area (TPSA) is 33.1 Å². The molecule has 0 aliphatic carbocycles. The molecule has 10 aromatic rings. The molecule has 3 heterocycles. The molecule has 0 atom stereocenters. The van der Waals surface area contributed by atoms with Crippen LogP contribution in [0.4, 0.5) is 5.69 Å². The highest BCUT2D eigenvalue weighted by molar-refractivity contribution is 7.27. The molecule has 0 N–H and O–H groups in total. The van der Waals surface area contributed by atoms with E-state index in [2.05, 4.69) is 119 Å². The number of nitriles is 1. The number of aromatic nitrogens is 1. The number of fused-ring (bicyclic) bond motifs is 9. The maximum atomic E-state index is 10.4. The predicted molar refractivity (Wildman–Crippen MR) is 208 cm³/mol. The lowest BCUT2D eigenvalue weighted by molar-refractivity contribution is 1.17. The first-order chi connectivity index (χ1) is 24.2. The smallest absolute Gasteiger partial charge is 0.194 e. The summed E-state index contributed by atoms with van der Waals surface area (Å²) < 4.78 is 7.24. The molecule has 0 saturated heterocycles. The lowest BCUT2D eigenvalue weighted by Crippen LogP contribution is -2.00. The molecule has 10 rings (SSSR count). The van der Waals surface area contributed by atoms with Crippen molar-refractivity contribution in [1.82, 2.24) is 4.57 Å². The van der Waals surface area contributed by atoms with Crippen molar-refractivity contribution in [2.75, 3.05) is 0 Å². The summed E-state index contributed by atoms with van der Waals surface area (Å²) in [6.45, 7) is 7.66. The van der Waals surface area contributed by atoms with Crippen LogP contribution in [0.2, 0.25) is 0 Å². The van der Waals surface area contributed by atoms with Gasteiger partial charge in [0, 0.05) is 56.7 Å². The molecule has 7 aromatic carbocycles. The molecule has 0 spiro atoms. The van der Waals surface area contributed by atoms with Gasteiger partial charge in [-0.25, -0.2) is 4.85 Å². The van der Waals surface area contributed by atoms with E-state index in [4.69, 9.17) is 6.57 Å². The van der Waals surface area contributed by atoms with Crippen molar-refractivity contribution in [2.24, 2.45) is 0 Å². The molecular formula is C44H23N3S2. The zero-order valence-electron chi connectivity index (χ0n) is 25.9. The van der Waals surface area contributed by atoms with Gasteiger partial charge in [-0.2, -0.15) is 5.26 Å². The van der Waals surface area contributed by atoms with Crippen LogP contribution in [0.3, 0.4) is 0 Å². The highest BCUT2D eigenvalue weighted by atomic mass is 32.1. The Kier molecular flexibility index (Phi) is 6.04. The lowest BCUT2D eigenvalue weighted by atomic mass is 9.98. The highest BCUT2D eigenvalue weighted by Crippen LogP contribution is 2.45. The van der Waals surface area contributed by atoms with E-state index in [9.17, 15) is 5.26 Å². The summed E-state index contributed by atoms with van der Waals surface area (Å²) in [6.07, 6.45) is 0. The molecule has 0 radical (unpaired) electrons. The largest absolute Gasteiger partial charge is 0.307 e. The van der Waals surface area contributed by atoms with Gasteiger partial charge in [0.1, 0.15) is 6.07 Å². The maximum Gasteiger partial charge on any atom is 0.194 e. The average Bonchev–Trinajstić information content (AvgIpc) is 3.81. The number of hydrogen-bond donors (Lipinski definition) is 0. The molecule has 3 aromatic heterocycles. The Morgan fingerprint density at radius 1 is 0.510 bits per heavy atom. The van der Waals surface area contributed by atoms with Gasteiger partial charge in [-0.3, -0.25) is 0 Å². The highest BCUT2D eigenvalue weighted by Gasteiger charge is 2.20. The van der Waals surface area contributed by atoms with Crippen LogP contribution >= 0.6 is 22.7 Å². The predicted octanol–water partition coefficient (Wildman–Crippen LogP) is 13.3. The zero-order chi connectivity index (χ0) is 32.6. The lowest BCUT2D eigenvalue weighted by Gasteiger charge is -2.16. The monoisotopic (exact) mass is 657 g/mol. The summed E-state index contributed by atoms with van der Waals surface area (Å²) >= 11 is 3.64. The molecule has 0 unspecified atom stereocenters. The zero-order valence-corrected chi connectivity index (χ0v) is 27.6. The van der Waals surface area contributed by atoms with Crippen molar-refractivity contribution < 1.29 is 0 Å². The molecule has 226 valence electrons. The summed E-state index contributed by atoms with van der Waals surface area (Å²) in [6, 6.07) is 51.3. The first-order valence-electron chi connectivity index (χ1n) is 16.0. The number of hydrogen-bond acceptors (Lipinski definition) is 3. The van der Waals surface area contributed by atoms with Crippen LogP contribution in [-0.4, -0.2) is 4.57 Å². The number of benzene rings is 7. The van der Waals surface area contributed by atoms with Gasteiger partial charge in [0.05, 0.1) is 28.9 Å². The van der Waals surface area contributed by atoms with Gasteiger partial charge in [0.2, 0.25) is 0 Å². The number of rotatable bonds is 3. The molecule has 0 saturated carbocycles. The second-order valence-corrected chi connectivity index (χ2v) is 14.5. The van der Waals surface area contributed by atoms with E-state index in [-0.39, 0.29) is 0 Å². The minimum atomic E-state index is 0.643. The van der Waals surface area contributed by atoms with Gasteiger partial charge in [-0.15, -0.1) is 22.7 Å². The van der Waals surface area contributed by atoms with Crippen LogP contribution in [-0.2, 0) is 0 Å². The third-order valence-electron chi connectivity index (χ3n) is 9.67. The average molecular weight is 658 g/mol. The Hall–Kier alpha value is -6.24. The Morgan fingerprint density at radius 2 is 1.04 bits per heavy atom. The second kappa shape index (κ2) is 10.6. The van der Waals surface area contributed by atoms with Gasteiger partial charge in [0.25, 0.3) is 0 Å². The summed E-state index contributed by atoms with van der Waals surface area (Å²) in [5, 5.41) is 17.7. The van der Waals surface area contributed by atoms with E-state index in [1.807, 2.05) is 59.1 Å². The van der Waals surface area contributed by atoms with E-state index in [0.717, 1.165) is 39.0 Å². The van der Waals surface area contributed by atoms with E-state index in [1.54, 1.807) is 0 Å². The molecule has 5 heteroatoms. The minimum absolute atomic E-state index is 0.643. The Labute approximate surface area is 289 Å². The maximum absolute atomic E-state index is 10.4. The van der Waals surface area contributed by atoms with Crippen LogP contribution in [0.15, 0.2) is 140 Å². The first-order valence-corrected chi connectivity index (χ1v) is 17.6. The van der Waals surface area contributed by atoms with E-state index in [0.29, 0.717) is 11.3 Å². The van der Waals surface area contributed by atoms with Gasteiger partial charge >= 0.3 is 0 Å². The van der Waals surface area contributed by atoms with Crippen LogP contribution in [0.25, 0.3) is 94.9 Å². The summed E-state index contributed by atoms with van der Waals surface area (Å²) in [4.78, 5) is 3.76. The van der Waals surface area contributed by atoms with Crippen LogP contribution in [0.1, 0.15) is 5.56 Å². The minimum Gasteiger partial charge on any atom is -0.307 e. The molecular weight excluding hydrogens is 635 g/mol. The number of thiophene rings is 2. The quantitative estimate of drug-likeness (QED) is 0.174. The Bertz CT molecular complexity index is 3030. The molecule has 0 bridgehead atoms. The molecule has 0 amide bonds. The van der Waals surface area contributed by atoms with Crippen molar-refractivity contribution in [3.63, 3.8) is 0 Å². The Balaban J connectivity index is 1.18. The fourth-order valence-electron chi connectivity index (χ4n) is 7.47. The van der Waals surface area contributed by atoms with Crippen molar-refractivity contribution >= 4 is 90.5 Å². The summed E-state index contributed by atoms with van der Waals surface area (Å²) in [5.74, 6) is 0. The SMILES string of the molecule is [C-]#[N+]c1ccccc1-c1ccc2sc3cc4c(cc3c2c1)sc1ccc(-c2cccc(C#N)c2-n2c3ccccc3c3ccccc32)cc14.